The molecule has 158 valence electrons. The molecule has 9 heteroatoms. The number of nitrogens with zero attached hydrogens (tertiary/aromatic N) is 4. The highest BCUT2D eigenvalue weighted by atomic mass is 32.1. The topological polar surface area (TPSA) is 103 Å². The van der Waals surface area contributed by atoms with Crippen LogP contribution in [0.1, 0.15) is 21.5 Å². The molecule has 0 unspecified atom stereocenters. The number of anilines is 1. The van der Waals surface area contributed by atoms with Gasteiger partial charge in [0.2, 0.25) is 0 Å². The van der Waals surface area contributed by atoms with Gasteiger partial charge >= 0.3 is 0 Å². The number of carbonyl (C=O) groups excluding carboxylic acids is 1. The Morgan fingerprint density at radius 2 is 1.91 bits per heavy atom. The van der Waals surface area contributed by atoms with Crippen molar-refractivity contribution in [2.24, 2.45) is 0 Å². The largest absolute Gasteiger partial charge is 0.299 e. The van der Waals surface area contributed by atoms with E-state index in [4.69, 9.17) is 0 Å². The number of hydrogen-bond donors (Lipinski definition) is 1. The molecule has 0 aliphatic carbocycles. The number of nitro benzene ring substituents is 1. The lowest BCUT2D eigenvalue weighted by Crippen LogP contribution is -2.11. The molecule has 0 spiro atoms. The summed E-state index contributed by atoms with van der Waals surface area (Å²) >= 11 is 1.19. The molecule has 0 atom stereocenters. The number of amides is 1. The fourth-order valence-corrected chi connectivity index (χ4v) is 4.57. The van der Waals surface area contributed by atoms with E-state index in [0.717, 1.165) is 16.8 Å². The summed E-state index contributed by atoms with van der Waals surface area (Å²) in [4.78, 5) is 32.1. The van der Waals surface area contributed by atoms with E-state index in [1.54, 1.807) is 24.5 Å². The second kappa shape index (κ2) is 7.54. The van der Waals surface area contributed by atoms with Crippen LogP contribution < -0.4 is 5.32 Å². The van der Waals surface area contributed by atoms with Gasteiger partial charge in [0.1, 0.15) is 6.33 Å². The van der Waals surface area contributed by atoms with Gasteiger partial charge in [-0.15, -0.1) is 0 Å². The van der Waals surface area contributed by atoms with Gasteiger partial charge < -0.3 is 0 Å². The molecule has 1 amide bonds. The van der Waals surface area contributed by atoms with E-state index in [-0.39, 0.29) is 11.6 Å². The molecule has 0 bridgehead atoms. The van der Waals surface area contributed by atoms with Crippen LogP contribution in [-0.2, 0) is 0 Å². The lowest BCUT2D eigenvalue weighted by molar-refractivity contribution is -0.384. The van der Waals surface area contributed by atoms with Crippen molar-refractivity contribution in [3.05, 3.63) is 87.7 Å². The summed E-state index contributed by atoms with van der Waals surface area (Å²) in [6.07, 6.45) is 1.75. The second-order valence-electron chi connectivity index (χ2n) is 7.49. The number of aromatic nitrogens is 3. The van der Waals surface area contributed by atoms with Gasteiger partial charge in [-0.05, 0) is 49.7 Å². The number of fused-ring (bicyclic) bond motifs is 2. The zero-order valence-electron chi connectivity index (χ0n) is 17.2. The minimum absolute atomic E-state index is 0.0103. The lowest BCUT2D eigenvalue weighted by Gasteiger charge is -2.09. The van der Waals surface area contributed by atoms with Crippen molar-refractivity contribution in [3.8, 4) is 5.69 Å². The molecule has 0 radical (unpaired) electrons. The molecule has 0 aliphatic rings. The van der Waals surface area contributed by atoms with Crippen molar-refractivity contribution < 1.29 is 9.72 Å². The van der Waals surface area contributed by atoms with Gasteiger partial charge in [0, 0.05) is 17.7 Å². The number of benzene rings is 3. The lowest BCUT2D eigenvalue weighted by atomic mass is 10.1. The summed E-state index contributed by atoms with van der Waals surface area (Å²) in [5.41, 5.74) is 6.02. The van der Waals surface area contributed by atoms with Gasteiger partial charge in [-0.3, -0.25) is 24.8 Å². The highest BCUT2D eigenvalue weighted by Crippen LogP contribution is 2.30. The van der Waals surface area contributed by atoms with Gasteiger partial charge in [-0.2, -0.15) is 0 Å². The van der Waals surface area contributed by atoms with Crippen molar-refractivity contribution in [2.75, 3.05) is 5.32 Å². The van der Waals surface area contributed by atoms with Gasteiger partial charge in [-0.1, -0.05) is 29.0 Å². The molecule has 5 rings (SSSR count). The number of nitro groups is 1. The molecular formula is C23H17N5O3S. The van der Waals surface area contributed by atoms with Crippen molar-refractivity contribution in [3.63, 3.8) is 0 Å². The van der Waals surface area contributed by atoms with Crippen LogP contribution in [0.25, 0.3) is 26.9 Å². The van der Waals surface area contributed by atoms with Crippen LogP contribution in [0.5, 0.6) is 0 Å². The normalized spacial score (nSPS) is 11.2. The average molecular weight is 443 g/mol. The van der Waals surface area contributed by atoms with Crippen LogP contribution >= 0.6 is 11.3 Å². The van der Waals surface area contributed by atoms with E-state index < -0.39 is 4.92 Å². The maximum absolute atomic E-state index is 12.8. The number of hydrogen-bond acceptors (Lipinski definition) is 6. The Hall–Kier alpha value is -4.11. The number of nitrogens with one attached hydrogen (secondary N) is 1. The Morgan fingerprint density at radius 3 is 2.69 bits per heavy atom. The van der Waals surface area contributed by atoms with Crippen LogP contribution in [0.4, 0.5) is 10.8 Å². The zero-order chi connectivity index (χ0) is 22.4. The van der Waals surface area contributed by atoms with Crippen LogP contribution in [0.2, 0.25) is 0 Å². The molecule has 3 aromatic carbocycles. The molecule has 8 nitrogen and oxygen atoms in total. The molecular weight excluding hydrogens is 426 g/mol. The summed E-state index contributed by atoms with van der Waals surface area (Å²) < 4.78 is 2.64. The smallest absolute Gasteiger partial charge is 0.270 e. The van der Waals surface area contributed by atoms with E-state index in [2.05, 4.69) is 47.3 Å². The Labute approximate surface area is 186 Å². The number of aryl methyl sites for hydroxylation is 2. The first-order valence-electron chi connectivity index (χ1n) is 9.80. The minimum Gasteiger partial charge on any atom is -0.299 e. The van der Waals surface area contributed by atoms with Gasteiger partial charge in [0.25, 0.3) is 11.6 Å². The van der Waals surface area contributed by atoms with Gasteiger partial charge in [0.15, 0.2) is 5.13 Å². The third-order valence-corrected chi connectivity index (χ3v) is 6.16. The van der Waals surface area contributed by atoms with Crippen LogP contribution in [-0.4, -0.2) is 25.4 Å². The first-order chi connectivity index (χ1) is 15.4. The molecule has 5 aromatic rings. The van der Waals surface area contributed by atoms with Crippen molar-refractivity contribution in [2.45, 2.75) is 13.8 Å². The molecule has 0 fully saturated rings. The molecule has 32 heavy (non-hydrogen) atoms. The van der Waals surface area contributed by atoms with Crippen LogP contribution in [0.3, 0.4) is 0 Å². The maximum Gasteiger partial charge on any atom is 0.270 e. The Bertz CT molecular complexity index is 1540. The fraction of sp³-hybridized carbons (Fsp3) is 0.0870. The zero-order valence-corrected chi connectivity index (χ0v) is 18.0. The van der Waals surface area contributed by atoms with Crippen molar-refractivity contribution in [1.82, 2.24) is 14.5 Å². The van der Waals surface area contributed by atoms with E-state index in [1.807, 2.05) is 10.6 Å². The maximum atomic E-state index is 12.8. The van der Waals surface area contributed by atoms with Gasteiger partial charge in [-0.25, -0.2) is 9.97 Å². The first kappa shape index (κ1) is 19.8. The van der Waals surface area contributed by atoms with E-state index in [0.29, 0.717) is 26.4 Å². The number of rotatable bonds is 4. The predicted octanol–water partition coefficient (Wildman–Crippen LogP) is 5.41. The molecule has 0 saturated heterocycles. The minimum atomic E-state index is -0.455. The summed E-state index contributed by atoms with van der Waals surface area (Å²) in [5.74, 6) is -0.318. The summed E-state index contributed by atoms with van der Waals surface area (Å²) in [6.45, 7) is 4.11. The Balaban J connectivity index is 1.43. The summed E-state index contributed by atoms with van der Waals surface area (Å²) in [6, 6.07) is 16.0. The van der Waals surface area contributed by atoms with Crippen LogP contribution in [0, 0.1) is 24.0 Å². The second-order valence-corrected chi connectivity index (χ2v) is 8.52. The summed E-state index contributed by atoms with van der Waals surface area (Å²) in [7, 11) is 0. The third kappa shape index (κ3) is 3.48. The van der Waals surface area contributed by atoms with E-state index in [1.165, 1.54) is 29.0 Å². The average Bonchev–Trinajstić information content (AvgIpc) is 3.36. The number of thiazole rings is 1. The number of imidazole rings is 1. The highest BCUT2D eigenvalue weighted by molar-refractivity contribution is 7.22. The van der Waals surface area contributed by atoms with Gasteiger partial charge in [0.05, 0.1) is 31.9 Å². The Kier molecular flexibility index (Phi) is 4.67. The summed E-state index contributed by atoms with van der Waals surface area (Å²) in [5, 5.41) is 14.1. The highest BCUT2D eigenvalue weighted by Gasteiger charge is 2.15. The first-order valence-corrected chi connectivity index (χ1v) is 10.6. The standard InChI is InChI=1S/C23H17N5O3S/c1-13-3-7-19(14(2)9-13)27-12-24-18-10-15(4-8-20(18)27)22(29)26-23-25-17-6-5-16(28(30)31)11-21(17)32-23/h3-12H,1-2H3,(H,25,26,29). The predicted molar refractivity (Wildman–Crippen MR) is 125 cm³/mol. The fourth-order valence-electron chi connectivity index (χ4n) is 3.67. The Morgan fingerprint density at radius 1 is 1.06 bits per heavy atom. The molecule has 0 aliphatic heterocycles. The van der Waals surface area contributed by atoms with Crippen molar-refractivity contribution >= 4 is 49.3 Å². The quantitative estimate of drug-likeness (QED) is 0.295. The van der Waals surface area contributed by atoms with E-state index >= 15 is 0 Å². The monoisotopic (exact) mass is 443 g/mol. The van der Waals surface area contributed by atoms with E-state index in [9.17, 15) is 14.9 Å². The number of carbonyl (C=O) groups is 1. The third-order valence-electron chi connectivity index (χ3n) is 5.22. The molecule has 1 N–H and O–H groups in total. The van der Waals surface area contributed by atoms with Crippen LogP contribution in [0.15, 0.2) is 60.9 Å². The number of non-ortho nitro benzene ring substituents is 1. The molecule has 2 aromatic heterocycles. The molecule has 2 heterocycles. The molecule has 0 saturated carbocycles. The SMILES string of the molecule is Cc1ccc(-n2cnc3cc(C(=O)Nc4nc5ccc([N+](=O)[O-])cc5s4)ccc32)c(C)c1. The van der Waals surface area contributed by atoms with Crippen molar-refractivity contribution in [1.29, 1.82) is 0 Å².